The molecule has 8 aromatic rings. The summed E-state index contributed by atoms with van der Waals surface area (Å²) in [5.74, 6) is 0. The molecular weight excluding hydrogens is 571 g/mol. The van der Waals surface area contributed by atoms with Crippen LogP contribution >= 0.6 is 23.5 Å². The van der Waals surface area contributed by atoms with Crippen molar-refractivity contribution in [3.05, 3.63) is 152 Å². The molecule has 0 bridgehead atoms. The maximum absolute atomic E-state index is 5.00. The normalized spacial score (nSPS) is 12.4. The molecule has 0 aliphatic carbocycles. The maximum atomic E-state index is 5.00. The van der Waals surface area contributed by atoms with Crippen LogP contribution in [0.5, 0.6) is 0 Å². The van der Waals surface area contributed by atoms with Gasteiger partial charge in [0.15, 0.2) is 0 Å². The third-order valence-corrected chi connectivity index (χ3v) is 11.2. The zero-order chi connectivity index (χ0) is 29.0. The molecule has 0 unspecified atom stereocenters. The van der Waals surface area contributed by atoms with Gasteiger partial charge in [0.2, 0.25) is 0 Å². The second-order valence-electron chi connectivity index (χ2n) is 11.1. The lowest BCUT2D eigenvalue weighted by molar-refractivity contribution is 1.16. The summed E-state index contributed by atoms with van der Waals surface area (Å²) in [7, 11) is 0. The fourth-order valence-corrected chi connectivity index (χ4v) is 8.83. The van der Waals surface area contributed by atoms with E-state index in [2.05, 4.69) is 146 Å². The summed E-state index contributed by atoms with van der Waals surface area (Å²) in [5.41, 5.74) is 6.97. The molecule has 1 aromatic heterocycles. The van der Waals surface area contributed by atoms with Crippen molar-refractivity contribution in [2.24, 2.45) is 0 Å². The first kappa shape index (κ1) is 25.6. The van der Waals surface area contributed by atoms with E-state index in [1.807, 2.05) is 29.7 Å². The standard InChI is InChI=1S/C41H25NS2/c1-2-9-26(10-3-1)27-17-20-33-34-21-18-28(24-36(34)32-12-5-4-11-31(32)35(33)23-27)37-22-19-29(25-42-37)30-13-8-16-40-41(30)44-39-15-7-6-14-38(39)43-40/h1-25H. The number of rotatable bonds is 3. The van der Waals surface area contributed by atoms with Gasteiger partial charge in [0.05, 0.1) is 5.69 Å². The van der Waals surface area contributed by atoms with Gasteiger partial charge in [-0.1, -0.05) is 133 Å². The van der Waals surface area contributed by atoms with E-state index in [-0.39, 0.29) is 0 Å². The third kappa shape index (κ3) is 4.23. The number of aromatic nitrogens is 1. The Morgan fingerprint density at radius 2 is 0.955 bits per heavy atom. The van der Waals surface area contributed by atoms with Crippen LogP contribution in [0.25, 0.3) is 65.8 Å². The lowest BCUT2D eigenvalue weighted by Gasteiger charge is -2.21. The minimum atomic E-state index is 0.983. The van der Waals surface area contributed by atoms with Crippen molar-refractivity contribution in [1.82, 2.24) is 4.98 Å². The SMILES string of the molecule is c1ccc(-c2ccc3c4ccc(-c5ccc(-c6cccc7c6Sc6ccccc6S7)cn5)cc4c4ccccc4c3c2)cc1. The molecule has 0 spiro atoms. The predicted molar refractivity (Wildman–Crippen MR) is 188 cm³/mol. The zero-order valence-corrected chi connectivity index (χ0v) is 25.3. The molecule has 1 aliphatic rings. The quantitative estimate of drug-likeness (QED) is 0.189. The number of pyridine rings is 1. The summed E-state index contributed by atoms with van der Waals surface area (Å²) in [6.45, 7) is 0. The van der Waals surface area contributed by atoms with Crippen LogP contribution in [0, 0.1) is 0 Å². The van der Waals surface area contributed by atoms with E-state index in [0.29, 0.717) is 0 Å². The monoisotopic (exact) mass is 595 g/mol. The van der Waals surface area contributed by atoms with Gasteiger partial charge < -0.3 is 0 Å². The summed E-state index contributed by atoms with van der Waals surface area (Å²) >= 11 is 3.71. The van der Waals surface area contributed by atoms with Gasteiger partial charge in [-0.3, -0.25) is 4.98 Å². The predicted octanol–water partition coefficient (Wildman–Crippen LogP) is 12.2. The van der Waals surface area contributed by atoms with Crippen molar-refractivity contribution >= 4 is 55.8 Å². The van der Waals surface area contributed by atoms with Crippen molar-refractivity contribution in [3.8, 4) is 33.5 Å². The van der Waals surface area contributed by atoms with E-state index in [1.165, 1.54) is 68.6 Å². The maximum Gasteiger partial charge on any atom is 0.0702 e. The molecule has 0 radical (unpaired) electrons. The Morgan fingerprint density at radius 1 is 0.364 bits per heavy atom. The van der Waals surface area contributed by atoms with Crippen LogP contribution in [-0.4, -0.2) is 4.98 Å². The Bertz CT molecular complexity index is 2360. The molecule has 0 atom stereocenters. The second-order valence-corrected chi connectivity index (χ2v) is 13.3. The van der Waals surface area contributed by atoms with Crippen molar-refractivity contribution in [3.63, 3.8) is 0 Å². The highest BCUT2D eigenvalue weighted by Gasteiger charge is 2.20. The van der Waals surface area contributed by atoms with Gasteiger partial charge in [0.1, 0.15) is 0 Å². The third-order valence-electron chi connectivity index (χ3n) is 8.57. The molecule has 2 heterocycles. The largest absolute Gasteiger partial charge is 0.256 e. The van der Waals surface area contributed by atoms with Crippen LogP contribution in [0.4, 0.5) is 0 Å². The molecule has 0 N–H and O–H groups in total. The first-order chi connectivity index (χ1) is 21.8. The molecule has 0 amide bonds. The van der Waals surface area contributed by atoms with E-state index in [9.17, 15) is 0 Å². The van der Waals surface area contributed by atoms with Crippen molar-refractivity contribution in [2.45, 2.75) is 19.6 Å². The van der Waals surface area contributed by atoms with Crippen LogP contribution < -0.4 is 0 Å². The summed E-state index contributed by atoms with van der Waals surface area (Å²) < 4.78 is 0. The van der Waals surface area contributed by atoms with E-state index in [4.69, 9.17) is 4.98 Å². The van der Waals surface area contributed by atoms with Crippen molar-refractivity contribution < 1.29 is 0 Å². The molecule has 0 saturated carbocycles. The van der Waals surface area contributed by atoms with E-state index >= 15 is 0 Å². The second kappa shape index (κ2) is 10.4. The van der Waals surface area contributed by atoms with Gasteiger partial charge in [-0.15, -0.1) is 0 Å². The molecule has 9 rings (SSSR count). The van der Waals surface area contributed by atoms with Gasteiger partial charge in [-0.2, -0.15) is 0 Å². The van der Waals surface area contributed by atoms with Crippen molar-refractivity contribution in [1.29, 1.82) is 0 Å². The van der Waals surface area contributed by atoms with Gasteiger partial charge in [0, 0.05) is 36.9 Å². The van der Waals surface area contributed by atoms with Gasteiger partial charge in [-0.05, 0) is 85.4 Å². The summed E-state index contributed by atoms with van der Waals surface area (Å²) in [5, 5.41) is 7.63. The van der Waals surface area contributed by atoms with Crippen molar-refractivity contribution in [2.75, 3.05) is 0 Å². The highest BCUT2D eigenvalue weighted by atomic mass is 32.2. The molecule has 1 nitrogen and oxygen atoms in total. The molecular formula is C41H25NS2. The summed E-state index contributed by atoms with van der Waals surface area (Å²) in [6.07, 6.45) is 2.03. The molecule has 3 heteroatoms. The Labute approximate surface area is 264 Å². The Morgan fingerprint density at radius 3 is 1.68 bits per heavy atom. The summed E-state index contributed by atoms with van der Waals surface area (Å²) in [4.78, 5) is 10.2. The highest BCUT2D eigenvalue weighted by Crippen LogP contribution is 2.51. The Balaban J connectivity index is 1.13. The molecule has 0 fully saturated rings. The fourth-order valence-electron chi connectivity index (χ4n) is 6.43. The number of fused-ring (bicyclic) bond motifs is 8. The molecule has 1 aliphatic heterocycles. The number of benzene rings is 7. The van der Waals surface area contributed by atoms with E-state index < -0.39 is 0 Å². The minimum Gasteiger partial charge on any atom is -0.256 e. The van der Waals surface area contributed by atoms with Crippen LogP contribution in [-0.2, 0) is 0 Å². The van der Waals surface area contributed by atoms with Crippen LogP contribution in [0.15, 0.2) is 171 Å². The number of hydrogen-bond donors (Lipinski definition) is 0. The molecule has 0 saturated heterocycles. The first-order valence-electron chi connectivity index (χ1n) is 14.8. The average Bonchev–Trinajstić information content (AvgIpc) is 3.10. The Hall–Kier alpha value is -4.83. The van der Waals surface area contributed by atoms with E-state index in [1.54, 1.807) is 0 Å². The molecule has 7 aromatic carbocycles. The topological polar surface area (TPSA) is 12.9 Å². The van der Waals surface area contributed by atoms with Crippen LogP contribution in [0.2, 0.25) is 0 Å². The minimum absolute atomic E-state index is 0.983. The lowest BCUT2D eigenvalue weighted by Crippen LogP contribution is -1.93. The Kier molecular flexibility index (Phi) is 6.07. The fraction of sp³-hybridized carbons (Fsp3) is 0. The average molecular weight is 596 g/mol. The molecule has 206 valence electrons. The number of nitrogens with zero attached hydrogens (tertiary/aromatic N) is 1. The zero-order valence-electron chi connectivity index (χ0n) is 23.7. The lowest BCUT2D eigenvalue weighted by atomic mass is 9.91. The van der Waals surface area contributed by atoms with Crippen LogP contribution in [0.1, 0.15) is 0 Å². The molecule has 44 heavy (non-hydrogen) atoms. The highest BCUT2D eigenvalue weighted by molar-refractivity contribution is 8.05. The van der Waals surface area contributed by atoms with Crippen LogP contribution in [0.3, 0.4) is 0 Å². The smallest absolute Gasteiger partial charge is 0.0702 e. The van der Waals surface area contributed by atoms with Gasteiger partial charge in [-0.25, -0.2) is 0 Å². The van der Waals surface area contributed by atoms with Gasteiger partial charge in [0.25, 0.3) is 0 Å². The van der Waals surface area contributed by atoms with E-state index in [0.717, 1.165) is 16.8 Å². The number of hydrogen-bond acceptors (Lipinski definition) is 3. The summed E-state index contributed by atoms with van der Waals surface area (Å²) in [6, 6.07) is 52.7. The first-order valence-corrected chi connectivity index (χ1v) is 16.4. The van der Waals surface area contributed by atoms with Gasteiger partial charge >= 0.3 is 0 Å².